The molecule has 15 heteroatoms. The predicted octanol–water partition coefficient (Wildman–Crippen LogP) is 6.51. The van der Waals surface area contributed by atoms with Gasteiger partial charge >= 0.3 is 11.9 Å². The van der Waals surface area contributed by atoms with E-state index in [1.165, 1.54) is 18.2 Å². The predicted molar refractivity (Wildman–Crippen MR) is 242 cm³/mol. The van der Waals surface area contributed by atoms with E-state index in [0.717, 1.165) is 11.1 Å². The number of rotatable bonds is 8. The molecule has 67 heavy (non-hydrogen) atoms. The molecule has 16 atom stereocenters. The SMILES string of the molecule is CC1(C)O[C@@H]2C[C@H]3[C@@H]4CCC5=CC(=O)C=C[C@]5(C)[C@@]4(F)[C@@H](O)C[C@]3(C)[C@]2(C(=O)CO)O1.CCC(=O)OCC(=O)[C@@]1(OC(=O)CC)[C@@H](C)C[C@H]2[C@@H]3CCC4=CC(=O)C=C[C@]4(C)[C@@]3(Cl)[C@@H](O)C[C@@]21C. The number of ketones is 4. The average molecular weight is 956 g/mol. The largest absolute Gasteiger partial charge is 0.457 e. The first kappa shape index (κ1) is 50.0. The van der Waals surface area contributed by atoms with E-state index >= 15 is 4.39 Å². The first-order valence-electron chi connectivity index (χ1n) is 24.2. The summed E-state index contributed by atoms with van der Waals surface area (Å²) in [5.74, 6) is -4.69. The Morgan fingerprint density at radius 3 is 1.93 bits per heavy atom. The maximum Gasteiger partial charge on any atom is 0.306 e. The van der Waals surface area contributed by atoms with Crippen molar-refractivity contribution in [1.82, 2.24) is 0 Å². The highest BCUT2D eigenvalue weighted by molar-refractivity contribution is 6.26. The maximum absolute atomic E-state index is 17.1. The summed E-state index contributed by atoms with van der Waals surface area (Å²) >= 11 is 7.48. The van der Waals surface area contributed by atoms with Crippen LogP contribution in [-0.2, 0) is 47.7 Å². The van der Waals surface area contributed by atoms with Gasteiger partial charge in [-0.25, -0.2) is 4.39 Å². The number of esters is 2. The summed E-state index contributed by atoms with van der Waals surface area (Å²) in [4.78, 5) is 74.5. The van der Waals surface area contributed by atoms with Gasteiger partial charge in [-0.3, -0.25) is 28.8 Å². The van der Waals surface area contributed by atoms with Gasteiger partial charge in [-0.15, -0.1) is 11.6 Å². The average Bonchev–Trinajstić information content (AvgIpc) is 3.77. The third kappa shape index (κ3) is 6.53. The van der Waals surface area contributed by atoms with Crippen LogP contribution in [0.4, 0.5) is 4.39 Å². The lowest BCUT2D eigenvalue weighted by Crippen LogP contribution is -2.70. The molecule has 6 saturated carbocycles. The number of alkyl halides is 2. The Kier molecular flexibility index (Phi) is 12.2. The lowest BCUT2D eigenvalue weighted by molar-refractivity contribution is -0.246. The monoisotopic (exact) mass is 954 g/mol. The number of carbonyl (C=O) groups is 6. The summed E-state index contributed by atoms with van der Waals surface area (Å²) in [5.41, 5.74) is -6.93. The molecule has 0 unspecified atom stereocenters. The molecule has 7 fully saturated rings. The van der Waals surface area contributed by atoms with Crippen molar-refractivity contribution in [3.05, 3.63) is 47.6 Å². The van der Waals surface area contributed by atoms with Crippen molar-refractivity contribution in [3.63, 3.8) is 0 Å². The first-order valence-corrected chi connectivity index (χ1v) is 24.6. The molecule has 3 N–H and O–H groups in total. The van der Waals surface area contributed by atoms with Crippen LogP contribution < -0.4 is 0 Å². The van der Waals surface area contributed by atoms with Gasteiger partial charge < -0.3 is 34.3 Å². The normalized spacial score (nSPS) is 47.3. The Bertz CT molecular complexity index is 2290. The summed E-state index contributed by atoms with van der Waals surface area (Å²) in [6, 6.07) is 0. The second-order valence-electron chi connectivity index (χ2n) is 22.3. The third-order valence-electron chi connectivity index (χ3n) is 19.0. The number of allylic oxidation sites excluding steroid dienone is 8. The van der Waals surface area contributed by atoms with E-state index < -0.39 is 110 Å². The van der Waals surface area contributed by atoms with Gasteiger partial charge in [-0.05, 0) is 114 Å². The molecule has 0 radical (unpaired) electrons. The van der Waals surface area contributed by atoms with E-state index in [1.807, 2.05) is 33.8 Å². The van der Waals surface area contributed by atoms with Gasteiger partial charge in [0, 0.05) is 46.3 Å². The van der Waals surface area contributed by atoms with Crippen LogP contribution in [0.5, 0.6) is 0 Å². The Labute approximate surface area is 397 Å². The molecular weight excluding hydrogens is 887 g/mol. The molecule has 9 aliphatic rings. The number of aliphatic hydroxyl groups excluding tert-OH is 3. The fourth-order valence-electron chi connectivity index (χ4n) is 15.9. The number of ether oxygens (including phenoxy) is 4. The second-order valence-corrected chi connectivity index (χ2v) is 23.0. The summed E-state index contributed by atoms with van der Waals surface area (Å²) in [5, 5.41) is 33.0. The molecule has 0 aromatic heterocycles. The molecule has 8 aliphatic carbocycles. The van der Waals surface area contributed by atoms with Crippen LogP contribution in [0.1, 0.15) is 127 Å². The van der Waals surface area contributed by atoms with Crippen LogP contribution in [0.3, 0.4) is 0 Å². The second kappa shape index (κ2) is 16.3. The number of carbonyl (C=O) groups excluding carboxylic acids is 6. The van der Waals surface area contributed by atoms with E-state index in [-0.39, 0.29) is 60.9 Å². The van der Waals surface area contributed by atoms with Crippen LogP contribution in [0, 0.1) is 51.2 Å². The van der Waals surface area contributed by atoms with E-state index in [1.54, 1.807) is 46.8 Å². The minimum absolute atomic E-state index is 0.0109. The minimum atomic E-state index is -1.98. The molecule has 0 amide bonds. The van der Waals surface area contributed by atoms with Gasteiger partial charge in [0.1, 0.15) is 6.61 Å². The van der Waals surface area contributed by atoms with E-state index in [4.69, 9.17) is 30.5 Å². The summed E-state index contributed by atoms with van der Waals surface area (Å²) in [6.45, 7) is 15.0. The molecule has 0 aromatic carbocycles. The number of hydrogen-bond donors (Lipinski definition) is 3. The molecule has 1 heterocycles. The molecule has 9 rings (SSSR count). The molecule has 13 nitrogen and oxygen atoms in total. The first-order chi connectivity index (χ1) is 31.2. The highest BCUT2D eigenvalue weighted by Crippen LogP contribution is 2.74. The molecule has 368 valence electrons. The lowest BCUT2D eigenvalue weighted by Gasteiger charge is -2.64. The summed E-state index contributed by atoms with van der Waals surface area (Å²) < 4.78 is 40.8. The standard InChI is InChI=1S/C28H37ClO7.C24H31FO6/c1-6-23(33)35-15-22(32)28(36-24(34)7-2)16(3)12-20-19-9-8-17-13-18(30)10-11-25(17,4)27(19,29)21(31)14-26(20,28)5;1-20(2)30-19-10-16-15-6-5-13-9-14(27)7-8-21(13,3)23(15,25)17(28)11-22(16,4)24(19,31-20)18(29)12-26/h10-11,13,16,19-21,31H,6-9,12,14-15H2,1-5H3;7-9,15-17,19,26,28H,5-6,10-12H2,1-4H3/t16-,19-,20-,21-,25-,26-,27-,28-;15-,16-,17-,19+,21-,22-,23-,24+/m00/s1. The van der Waals surface area contributed by atoms with Crippen LogP contribution in [-0.4, -0.2) is 109 Å². The summed E-state index contributed by atoms with van der Waals surface area (Å²) in [6.07, 6.45) is 10.2. The fourth-order valence-corrected chi connectivity index (χ4v) is 16.5. The Hall–Kier alpha value is -3.40. The third-order valence-corrected chi connectivity index (χ3v) is 19.9. The van der Waals surface area contributed by atoms with Crippen molar-refractivity contribution < 1.29 is 67.4 Å². The Balaban J connectivity index is 0.000000183. The molecule has 0 bridgehead atoms. The maximum atomic E-state index is 17.1. The highest BCUT2D eigenvalue weighted by atomic mass is 35.5. The zero-order valence-electron chi connectivity index (χ0n) is 40.2. The van der Waals surface area contributed by atoms with Gasteiger partial charge in [0.15, 0.2) is 46.6 Å². The van der Waals surface area contributed by atoms with Crippen molar-refractivity contribution in [2.45, 2.75) is 172 Å². The number of fused-ring (bicyclic) bond motifs is 12. The van der Waals surface area contributed by atoms with E-state index in [2.05, 4.69) is 0 Å². The number of halogens is 2. The Morgan fingerprint density at radius 2 is 1.33 bits per heavy atom. The van der Waals surface area contributed by atoms with Gasteiger partial charge in [-0.2, -0.15) is 0 Å². The van der Waals surface area contributed by atoms with E-state index in [0.29, 0.717) is 38.5 Å². The van der Waals surface area contributed by atoms with Gasteiger partial charge in [0.2, 0.25) is 5.78 Å². The van der Waals surface area contributed by atoms with Crippen LogP contribution in [0.15, 0.2) is 47.6 Å². The van der Waals surface area contributed by atoms with Crippen molar-refractivity contribution >= 4 is 46.7 Å². The molecule has 1 aliphatic heterocycles. The summed E-state index contributed by atoms with van der Waals surface area (Å²) in [7, 11) is 0. The zero-order chi connectivity index (χ0) is 49.3. The fraction of sp³-hybridized carbons (Fsp3) is 0.731. The van der Waals surface area contributed by atoms with Crippen molar-refractivity contribution in [2.24, 2.45) is 51.2 Å². The molecule has 0 aromatic rings. The lowest BCUT2D eigenvalue weighted by atomic mass is 9.44. The van der Waals surface area contributed by atoms with E-state index in [9.17, 15) is 44.1 Å². The number of Topliss-reactive ketones (excluding diaryl/α,β-unsaturated/α-hetero) is 2. The van der Waals surface area contributed by atoms with Gasteiger partial charge in [-0.1, -0.05) is 64.8 Å². The quantitative estimate of drug-likeness (QED) is 0.176. The van der Waals surface area contributed by atoms with Crippen LogP contribution >= 0.6 is 11.6 Å². The van der Waals surface area contributed by atoms with Gasteiger partial charge in [0.05, 0.1) is 23.2 Å². The molecular formula is C52H68ClFO13. The highest BCUT2D eigenvalue weighted by Gasteiger charge is 2.80. The Morgan fingerprint density at radius 1 is 0.776 bits per heavy atom. The number of aliphatic hydroxyl groups is 3. The van der Waals surface area contributed by atoms with Crippen molar-refractivity contribution in [3.8, 4) is 0 Å². The topological polar surface area (TPSA) is 200 Å². The smallest absolute Gasteiger partial charge is 0.306 e. The number of hydrogen-bond acceptors (Lipinski definition) is 13. The van der Waals surface area contributed by atoms with Crippen molar-refractivity contribution in [1.29, 1.82) is 0 Å². The van der Waals surface area contributed by atoms with Gasteiger partial charge in [0.25, 0.3) is 0 Å². The van der Waals surface area contributed by atoms with Crippen molar-refractivity contribution in [2.75, 3.05) is 13.2 Å². The molecule has 0 spiro atoms. The molecule has 1 saturated heterocycles. The minimum Gasteiger partial charge on any atom is -0.457 e. The zero-order valence-corrected chi connectivity index (χ0v) is 41.0. The van der Waals surface area contributed by atoms with Crippen LogP contribution in [0.2, 0.25) is 0 Å². The van der Waals surface area contributed by atoms with Crippen LogP contribution in [0.25, 0.3) is 0 Å².